The van der Waals surface area contributed by atoms with Crippen molar-refractivity contribution < 1.29 is 0 Å². The fourth-order valence-corrected chi connectivity index (χ4v) is 3.17. The summed E-state index contributed by atoms with van der Waals surface area (Å²) < 4.78 is 0. The van der Waals surface area contributed by atoms with E-state index in [1.54, 1.807) is 0 Å². The Morgan fingerprint density at radius 1 is 1.19 bits per heavy atom. The van der Waals surface area contributed by atoms with Crippen molar-refractivity contribution in [3.05, 3.63) is 70.5 Å². The molecule has 1 unspecified atom stereocenters. The van der Waals surface area contributed by atoms with Gasteiger partial charge in [-0.1, -0.05) is 68.3 Å². The molecule has 0 saturated carbocycles. The molecule has 0 radical (unpaired) electrons. The number of nitrogens with zero attached hydrogens (tertiary/aromatic N) is 1. The van der Waals surface area contributed by atoms with Crippen LogP contribution in [0.25, 0.3) is 0 Å². The smallest absolute Gasteiger partial charge is 0.0520 e. The molecule has 1 aliphatic carbocycles. The number of allylic oxidation sites excluding steroid dienone is 6. The van der Waals surface area contributed by atoms with Crippen molar-refractivity contribution in [1.29, 1.82) is 0 Å². The lowest BCUT2D eigenvalue weighted by molar-refractivity contribution is 0.834. The van der Waals surface area contributed by atoms with Crippen LogP contribution in [-0.2, 0) is 0 Å². The summed E-state index contributed by atoms with van der Waals surface area (Å²) in [5.41, 5.74) is 8.06. The average molecular weight is 277 g/mol. The number of hydrogen-bond acceptors (Lipinski definition) is 1. The van der Waals surface area contributed by atoms with Gasteiger partial charge in [-0.3, -0.25) is 4.99 Å². The molecular formula is C20H23N. The molecule has 3 rings (SSSR count). The molecule has 1 nitrogen and oxygen atoms in total. The number of hydrogen-bond donors (Lipinski definition) is 0. The van der Waals surface area contributed by atoms with Crippen LogP contribution in [0.2, 0.25) is 0 Å². The highest BCUT2D eigenvalue weighted by atomic mass is 14.8. The Morgan fingerprint density at radius 3 is 2.67 bits per heavy atom. The number of aryl methyl sites for hydroxylation is 1. The Morgan fingerprint density at radius 2 is 1.95 bits per heavy atom. The zero-order valence-corrected chi connectivity index (χ0v) is 13.2. The van der Waals surface area contributed by atoms with Crippen LogP contribution in [-0.4, -0.2) is 5.71 Å². The van der Waals surface area contributed by atoms with Gasteiger partial charge in [0.1, 0.15) is 0 Å². The molecule has 0 amide bonds. The molecule has 0 spiro atoms. The number of aliphatic imine (C=N–C) groups is 1. The van der Waals surface area contributed by atoms with Gasteiger partial charge in [-0.2, -0.15) is 0 Å². The summed E-state index contributed by atoms with van der Waals surface area (Å²) in [4.78, 5) is 4.99. The summed E-state index contributed by atoms with van der Waals surface area (Å²) in [6.07, 6.45) is 9.88. The van der Waals surface area contributed by atoms with Gasteiger partial charge in [0.05, 0.1) is 11.4 Å². The Kier molecular flexibility index (Phi) is 3.92. The van der Waals surface area contributed by atoms with E-state index in [4.69, 9.17) is 4.99 Å². The van der Waals surface area contributed by atoms with E-state index in [1.165, 1.54) is 40.1 Å². The fraction of sp³-hybridized carbons (Fsp3) is 0.350. The van der Waals surface area contributed by atoms with Crippen molar-refractivity contribution in [2.75, 3.05) is 0 Å². The molecule has 0 bridgehead atoms. The molecular weight excluding hydrogens is 254 g/mol. The lowest BCUT2D eigenvalue weighted by atomic mass is 9.89. The van der Waals surface area contributed by atoms with Gasteiger partial charge in [-0.25, -0.2) is 0 Å². The lowest BCUT2D eigenvalue weighted by Gasteiger charge is -2.15. The molecule has 1 heteroatoms. The van der Waals surface area contributed by atoms with E-state index < -0.39 is 0 Å². The lowest BCUT2D eigenvalue weighted by Crippen LogP contribution is -2.02. The molecule has 1 atom stereocenters. The minimum Gasteiger partial charge on any atom is -0.256 e. The summed E-state index contributed by atoms with van der Waals surface area (Å²) in [6, 6.07) is 8.88. The minimum atomic E-state index is 0.367. The maximum Gasteiger partial charge on any atom is 0.0520 e. The predicted octanol–water partition coefficient (Wildman–Crippen LogP) is 5.49. The highest BCUT2D eigenvalue weighted by Crippen LogP contribution is 2.39. The first-order valence-corrected chi connectivity index (χ1v) is 7.95. The van der Waals surface area contributed by atoms with Crippen molar-refractivity contribution in [2.45, 2.75) is 46.0 Å². The van der Waals surface area contributed by atoms with Crippen molar-refractivity contribution >= 4 is 5.71 Å². The second kappa shape index (κ2) is 5.85. The Bertz CT molecular complexity index is 654. The molecule has 108 valence electrons. The summed E-state index contributed by atoms with van der Waals surface area (Å²) in [5.74, 6) is 0.367. The van der Waals surface area contributed by atoms with E-state index in [-0.39, 0.29) is 0 Å². The van der Waals surface area contributed by atoms with E-state index in [1.807, 2.05) is 0 Å². The monoisotopic (exact) mass is 277 g/mol. The van der Waals surface area contributed by atoms with Crippen LogP contribution < -0.4 is 0 Å². The molecule has 0 aromatic heterocycles. The highest BCUT2D eigenvalue weighted by molar-refractivity contribution is 6.09. The van der Waals surface area contributed by atoms with Crippen molar-refractivity contribution in [2.24, 2.45) is 4.99 Å². The van der Waals surface area contributed by atoms with Crippen molar-refractivity contribution in [3.63, 3.8) is 0 Å². The van der Waals surface area contributed by atoms with Crippen LogP contribution >= 0.6 is 0 Å². The normalized spacial score (nSPS) is 18.4. The fourth-order valence-electron chi connectivity index (χ4n) is 3.17. The van der Waals surface area contributed by atoms with Crippen LogP contribution in [0.5, 0.6) is 0 Å². The summed E-state index contributed by atoms with van der Waals surface area (Å²) in [6.45, 7) is 6.67. The second-order valence-corrected chi connectivity index (χ2v) is 6.02. The predicted molar refractivity (Wildman–Crippen MR) is 90.8 cm³/mol. The van der Waals surface area contributed by atoms with E-state index >= 15 is 0 Å². The Balaban J connectivity index is 2.00. The largest absolute Gasteiger partial charge is 0.256 e. The third-order valence-corrected chi connectivity index (χ3v) is 4.40. The molecule has 0 fully saturated rings. The van der Waals surface area contributed by atoms with Gasteiger partial charge >= 0.3 is 0 Å². The van der Waals surface area contributed by atoms with Crippen LogP contribution in [0.3, 0.4) is 0 Å². The van der Waals surface area contributed by atoms with E-state index in [2.05, 4.69) is 63.3 Å². The molecule has 0 saturated heterocycles. The van der Waals surface area contributed by atoms with Crippen molar-refractivity contribution in [1.82, 2.24) is 0 Å². The molecule has 0 N–H and O–H groups in total. The highest BCUT2D eigenvalue weighted by Gasteiger charge is 2.26. The first-order valence-electron chi connectivity index (χ1n) is 7.95. The van der Waals surface area contributed by atoms with Gasteiger partial charge in [0.2, 0.25) is 0 Å². The quantitative estimate of drug-likeness (QED) is 0.689. The first-order chi connectivity index (χ1) is 10.2. The minimum absolute atomic E-state index is 0.367. The number of rotatable bonds is 4. The summed E-state index contributed by atoms with van der Waals surface area (Å²) in [5, 5.41) is 0. The van der Waals surface area contributed by atoms with Gasteiger partial charge < -0.3 is 0 Å². The molecule has 1 aliphatic heterocycles. The SMILES string of the molecule is CCCC1=C(C(C)c2ccc(C)cc2)N=C2CC=CC=C21. The number of benzene rings is 1. The zero-order chi connectivity index (χ0) is 14.8. The van der Waals surface area contributed by atoms with Crippen LogP contribution in [0.1, 0.15) is 50.2 Å². The third kappa shape index (κ3) is 2.65. The van der Waals surface area contributed by atoms with Crippen molar-refractivity contribution in [3.8, 4) is 0 Å². The molecule has 2 aliphatic rings. The first kappa shape index (κ1) is 14.1. The molecule has 1 heterocycles. The van der Waals surface area contributed by atoms with Crippen LogP contribution in [0.15, 0.2) is 64.3 Å². The molecule has 1 aromatic rings. The van der Waals surface area contributed by atoms with Gasteiger partial charge in [0.15, 0.2) is 0 Å². The van der Waals surface area contributed by atoms with E-state index in [0.29, 0.717) is 5.92 Å². The van der Waals surface area contributed by atoms with Gasteiger partial charge in [0.25, 0.3) is 0 Å². The van der Waals surface area contributed by atoms with Gasteiger partial charge in [0, 0.05) is 17.9 Å². The topological polar surface area (TPSA) is 12.4 Å². The standard InChI is InChI=1S/C20H23N/c1-4-7-18-17-8-5-6-9-19(17)21-20(18)15(3)16-12-10-14(2)11-13-16/h5-6,8,10-13,15H,4,7,9H2,1-3H3. The maximum atomic E-state index is 4.99. The molecule has 21 heavy (non-hydrogen) atoms. The Hall–Kier alpha value is -1.89. The molecule has 1 aromatic carbocycles. The second-order valence-electron chi connectivity index (χ2n) is 6.02. The average Bonchev–Trinajstić information content (AvgIpc) is 2.87. The van der Waals surface area contributed by atoms with E-state index in [9.17, 15) is 0 Å². The zero-order valence-electron chi connectivity index (χ0n) is 13.2. The summed E-state index contributed by atoms with van der Waals surface area (Å²) in [7, 11) is 0. The van der Waals surface area contributed by atoms with E-state index in [0.717, 1.165) is 12.8 Å². The number of fused-ring (bicyclic) bond motifs is 1. The van der Waals surface area contributed by atoms with Gasteiger partial charge in [-0.05, 0) is 24.5 Å². The van der Waals surface area contributed by atoms with Crippen LogP contribution in [0, 0.1) is 6.92 Å². The summed E-state index contributed by atoms with van der Waals surface area (Å²) >= 11 is 0. The third-order valence-electron chi connectivity index (χ3n) is 4.40. The van der Waals surface area contributed by atoms with Crippen LogP contribution in [0.4, 0.5) is 0 Å². The Labute approximate surface area is 127 Å². The van der Waals surface area contributed by atoms with Gasteiger partial charge in [-0.15, -0.1) is 0 Å². The maximum absolute atomic E-state index is 4.99.